The lowest BCUT2D eigenvalue weighted by molar-refractivity contribution is -0.384. The number of halogens is 2. The highest BCUT2D eigenvalue weighted by atomic mass is 32.2. The molecule has 0 aliphatic heterocycles. The van der Waals surface area contributed by atoms with Gasteiger partial charge < -0.3 is 5.32 Å². The minimum atomic E-state index is -4.97. The summed E-state index contributed by atoms with van der Waals surface area (Å²) in [5, 5.41) is 14.6. The van der Waals surface area contributed by atoms with Crippen molar-refractivity contribution < 1.29 is 22.1 Å². The lowest BCUT2D eigenvalue weighted by atomic mass is 10.0. The van der Waals surface area contributed by atoms with Crippen LogP contribution in [0.5, 0.6) is 0 Å². The number of hydrogen-bond donors (Lipinski definition) is 1. The fourth-order valence-corrected chi connectivity index (χ4v) is 3.68. The minimum absolute atomic E-state index is 0.0228. The van der Waals surface area contributed by atoms with Gasteiger partial charge in [-0.1, -0.05) is 35.9 Å². The van der Waals surface area contributed by atoms with Gasteiger partial charge in [-0.15, -0.1) is 0 Å². The number of alkyl halides is 2. The van der Waals surface area contributed by atoms with Gasteiger partial charge in [0.1, 0.15) is 5.69 Å². The van der Waals surface area contributed by atoms with Gasteiger partial charge in [-0.05, 0) is 36.8 Å². The first-order valence-electron chi connectivity index (χ1n) is 8.74. The predicted molar refractivity (Wildman–Crippen MR) is 107 cm³/mol. The number of aryl methyl sites for hydroxylation is 1. The van der Waals surface area contributed by atoms with Crippen LogP contribution in [0.3, 0.4) is 0 Å². The van der Waals surface area contributed by atoms with Crippen LogP contribution in [0.15, 0.2) is 71.8 Å². The Hall–Kier alpha value is -3.40. The molecule has 0 aliphatic rings. The summed E-state index contributed by atoms with van der Waals surface area (Å²) in [4.78, 5) is 14.2. The van der Waals surface area contributed by atoms with E-state index in [9.17, 15) is 27.3 Å². The first kappa shape index (κ1) is 21.3. The molecule has 1 heterocycles. The van der Waals surface area contributed by atoms with E-state index in [4.69, 9.17) is 0 Å². The molecule has 0 radical (unpaired) electrons. The lowest BCUT2D eigenvalue weighted by Gasteiger charge is -2.20. The number of nitrogens with zero attached hydrogens (tertiary/aromatic N) is 2. The Bertz CT molecular complexity index is 1170. The highest BCUT2D eigenvalue weighted by Gasteiger charge is 2.30. The van der Waals surface area contributed by atoms with Crippen molar-refractivity contribution in [2.75, 3.05) is 5.32 Å². The number of hydrogen-bond acceptors (Lipinski definition) is 6. The first-order chi connectivity index (χ1) is 14.2. The highest BCUT2D eigenvalue weighted by Crippen LogP contribution is 2.34. The van der Waals surface area contributed by atoms with Crippen molar-refractivity contribution in [1.29, 1.82) is 0 Å². The van der Waals surface area contributed by atoms with E-state index in [2.05, 4.69) is 10.3 Å². The molecule has 10 heteroatoms. The highest BCUT2D eigenvalue weighted by molar-refractivity contribution is 7.91. The number of rotatable bonds is 7. The minimum Gasteiger partial charge on any atom is -0.367 e. The number of nitro benzene ring substituents is 1. The molecule has 2 aromatic carbocycles. The second-order valence-corrected chi connectivity index (χ2v) is 8.41. The molecule has 3 rings (SSSR count). The van der Waals surface area contributed by atoms with Crippen molar-refractivity contribution in [3.05, 3.63) is 93.8 Å². The SMILES string of the molecule is Cc1cccc(C(Nc2ccc(S(=O)(=O)C(F)F)cc2[N+](=O)[O-])c2ccccn2)c1. The molecule has 0 aliphatic carbocycles. The zero-order chi connectivity index (χ0) is 21.9. The molecule has 0 fully saturated rings. The van der Waals surface area contributed by atoms with E-state index in [1.54, 1.807) is 24.4 Å². The Morgan fingerprint density at radius 2 is 1.83 bits per heavy atom. The van der Waals surface area contributed by atoms with Crippen LogP contribution < -0.4 is 5.32 Å². The summed E-state index contributed by atoms with van der Waals surface area (Å²) in [6, 6.07) is 14.7. The standard InChI is InChI=1S/C20H17F2N3O4S/c1-13-5-4-6-14(11-13)19(17-7-2-3-10-23-17)24-16-9-8-15(12-18(16)25(26)27)30(28,29)20(21)22/h2-12,19-20,24H,1H3. The number of aromatic nitrogens is 1. The van der Waals surface area contributed by atoms with E-state index < -0.39 is 37.1 Å². The molecule has 3 aromatic rings. The predicted octanol–water partition coefficient (Wildman–Crippen LogP) is 4.50. The molecule has 1 aromatic heterocycles. The summed E-state index contributed by atoms with van der Waals surface area (Å²) < 4.78 is 49.1. The zero-order valence-electron chi connectivity index (χ0n) is 15.7. The molecule has 0 saturated heterocycles. The number of pyridine rings is 1. The second-order valence-electron chi connectivity index (χ2n) is 6.49. The van der Waals surface area contributed by atoms with Crippen molar-refractivity contribution in [3.63, 3.8) is 0 Å². The maximum atomic E-state index is 12.8. The second kappa shape index (κ2) is 8.54. The maximum Gasteiger partial charge on any atom is 0.341 e. The van der Waals surface area contributed by atoms with Gasteiger partial charge in [-0.3, -0.25) is 15.1 Å². The third kappa shape index (κ3) is 4.43. The average molecular weight is 433 g/mol. The van der Waals surface area contributed by atoms with Gasteiger partial charge in [-0.25, -0.2) is 8.42 Å². The van der Waals surface area contributed by atoms with Crippen LogP contribution >= 0.6 is 0 Å². The van der Waals surface area contributed by atoms with Crippen molar-refractivity contribution in [2.24, 2.45) is 0 Å². The van der Waals surface area contributed by atoms with Gasteiger partial charge >= 0.3 is 5.76 Å². The Kier molecular flexibility index (Phi) is 6.06. The summed E-state index contributed by atoms with van der Waals surface area (Å²) in [6.07, 6.45) is 1.58. The first-order valence-corrected chi connectivity index (χ1v) is 10.3. The number of benzene rings is 2. The van der Waals surface area contributed by atoms with Gasteiger partial charge in [0.15, 0.2) is 0 Å². The fraction of sp³-hybridized carbons (Fsp3) is 0.150. The summed E-state index contributed by atoms with van der Waals surface area (Å²) >= 11 is 0. The van der Waals surface area contributed by atoms with Crippen LogP contribution in [0.1, 0.15) is 22.9 Å². The molecule has 7 nitrogen and oxygen atoms in total. The zero-order valence-corrected chi connectivity index (χ0v) is 16.5. The van der Waals surface area contributed by atoms with Crippen LogP contribution in [0.2, 0.25) is 0 Å². The third-order valence-corrected chi connectivity index (χ3v) is 5.77. The van der Waals surface area contributed by atoms with Crippen LogP contribution in [0.4, 0.5) is 20.2 Å². The summed E-state index contributed by atoms with van der Waals surface area (Å²) in [7, 11) is -4.97. The monoisotopic (exact) mass is 433 g/mol. The summed E-state index contributed by atoms with van der Waals surface area (Å²) in [5.41, 5.74) is 1.65. The van der Waals surface area contributed by atoms with E-state index in [1.807, 2.05) is 31.2 Å². The Labute approximate surface area is 171 Å². The van der Waals surface area contributed by atoms with Gasteiger partial charge in [0.05, 0.1) is 21.6 Å². The van der Waals surface area contributed by atoms with Crippen molar-refractivity contribution >= 4 is 21.2 Å². The van der Waals surface area contributed by atoms with E-state index in [1.165, 1.54) is 0 Å². The van der Waals surface area contributed by atoms with Gasteiger partial charge in [0, 0.05) is 12.3 Å². The summed E-state index contributed by atoms with van der Waals surface area (Å²) in [6.45, 7) is 1.89. The van der Waals surface area contributed by atoms with Crippen LogP contribution in [0, 0.1) is 17.0 Å². The lowest BCUT2D eigenvalue weighted by Crippen LogP contribution is -2.16. The fourth-order valence-electron chi connectivity index (χ4n) is 2.94. The van der Waals surface area contributed by atoms with E-state index >= 15 is 0 Å². The molecule has 0 saturated carbocycles. The quantitative estimate of drug-likeness (QED) is 0.435. The third-order valence-electron chi connectivity index (χ3n) is 4.39. The van der Waals surface area contributed by atoms with Gasteiger partial charge in [0.2, 0.25) is 9.84 Å². The molecule has 1 N–H and O–H groups in total. The Morgan fingerprint density at radius 1 is 1.07 bits per heavy atom. The molecule has 30 heavy (non-hydrogen) atoms. The number of sulfone groups is 1. The molecule has 0 spiro atoms. The van der Waals surface area contributed by atoms with Gasteiger partial charge in [-0.2, -0.15) is 8.78 Å². The summed E-state index contributed by atoms with van der Waals surface area (Å²) in [5.74, 6) is -3.68. The average Bonchev–Trinajstić information content (AvgIpc) is 2.72. The van der Waals surface area contributed by atoms with Crippen molar-refractivity contribution in [2.45, 2.75) is 23.6 Å². The topological polar surface area (TPSA) is 102 Å². The number of nitrogens with one attached hydrogen (secondary N) is 1. The Balaban J connectivity index is 2.10. The van der Waals surface area contributed by atoms with E-state index in [0.717, 1.165) is 23.3 Å². The molecule has 1 atom stereocenters. The maximum absolute atomic E-state index is 12.8. The van der Waals surface area contributed by atoms with Gasteiger partial charge in [0.25, 0.3) is 5.69 Å². The largest absolute Gasteiger partial charge is 0.367 e. The smallest absolute Gasteiger partial charge is 0.341 e. The molecule has 1 unspecified atom stereocenters. The van der Waals surface area contributed by atoms with Crippen LogP contribution in [0.25, 0.3) is 0 Å². The van der Waals surface area contributed by atoms with Crippen LogP contribution in [-0.4, -0.2) is 24.1 Å². The van der Waals surface area contributed by atoms with Crippen molar-refractivity contribution in [1.82, 2.24) is 4.98 Å². The Morgan fingerprint density at radius 3 is 2.43 bits per heavy atom. The van der Waals surface area contributed by atoms with E-state index in [0.29, 0.717) is 11.8 Å². The van der Waals surface area contributed by atoms with E-state index in [-0.39, 0.29) is 5.69 Å². The molecule has 0 bridgehead atoms. The normalized spacial score (nSPS) is 12.5. The molecule has 0 amide bonds. The van der Waals surface area contributed by atoms with Crippen molar-refractivity contribution in [3.8, 4) is 0 Å². The number of anilines is 1. The van der Waals surface area contributed by atoms with Crippen LogP contribution in [-0.2, 0) is 9.84 Å². The molecule has 156 valence electrons. The molecular weight excluding hydrogens is 416 g/mol. The number of nitro groups is 1. The molecular formula is C20H17F2N3O4S.